The molecule has 0 spiro atoms. The van der Waals surface area contributed by atoms with Crippen molar-refractivity contribution in [3.8, 4) is 0 Å². The number of urea groups is 2. The van der Waals surface area contributed by atoms with Crippen LogP contribution in [0.25, 0.3) is 0 Å². The van der Waals surface area contributed by atoms with Gasteiger partial charge in [0.25, 0.3) is 5.91 Å². The summed E-state index contributed by atoms with van der Waals surface area (Å²) in [5, 5.41) is 15.1. The van der Waals surface area contributed by atoms with Gasteiger partial charge in [0.05, 0.1) is 11.8 Å². The van der Waals surface area contributed by atoms with Gasteiger partial charge < -0.3 is 20.6 Å². The number of benzene rings is 1. The molecule has 1 aliphatic heterocycles. The van der Waals surface area contributed by atoms with Crippen molar-refractivity contribution in [2.45, 2.75) is 37.8 Å². The number of carbonyl (C=O) groups excluding carboxylic acids is 3. The predicted octanol–water partition coefficient (Wildman–Crippen LogP) is 1.51. The maximum Gasteiger partial charge on any atom is 0.331 e. The normalized spacial score (nSPS) is 23.8. The third-order valence-electron chi connectivity index (χ3n) is 4.53. The monoisotopic (exact) mass is 346 g/mol. The summed E-state index contributed by atoms with van der Waals surface area (Å²) in [5.41, 5.74) is 0.930. The van der Waals surface area contributed by atoms with Crippen molar-refractivity contribution in [1.82, 2.24) is 10.2 Å². The number of anilines is 2. The van der Waals surface area contributed by atoms with E-state index in [1.165, 1.54) is 4.90 Å². The summed E-state index contributed by atoms with van der Waals surface area (Å²) in [6, 6.07) is 5.95. The van der Waals surface area contributed by atoms with E-state index in [0.717, 1.165) is 17.7 Å². The second-order valence-electron chi connectivity index (χ2n) is 6.52. The van der Waals surface area contributed by atoms with Crippen molar-refractivity contribution in [1.29, 1.82) is 0 Å². The van der Waals surface area contributed by atoms with Gasteiger partial charge in [0.2, 0.25) is 0 Å². The minimum absolute atomic E-state index is 0.0435. The van der Waals surface area contributed by atoms with Crippen LogP contribution in [-0.4, -0.2) is 53.7 Å². The third kappa shape index (κ3) is 3.90. The van der Waals surface area contributed by atoms with E-state index in [2.05, 4.69) is 10.6 Å². The maximum atomic E-state index is 12.1. The van der Waals surface area contributed by atoms with Gasteiger partial charge in [0, 0.05) is 18.8 Å². The predicted molar refractivity (Wildman–Crippen MR) is 92.4 cm³/mol. The van der Waals surface area contributed by atoms with Gasteiger partial charge in [-0.2, -0.15) is 0 Å². The van der Waals surface area contributed by atoms with Crippen molar-refractivity contribution < 1.29 is 19.5 Å². The zero-order valence-electron chi connectivity index (χ0n) is 14.1. The first-order chi connectivity index (χ1) is 11.9. The summed E-state index contributed by atoms with van der Waals surface area (Å²) in [6.07, 6.45) is 2.60. The van der Waals surface area contributed by atoms with E-state index in [-0.39, 0.29) is 36.7 Å². The van der Waals surface area contributed by atoms with Crippen LogP contribution < -0.4 is 15.5 Å². The van der Waals surface area contributed by atoms with E-state index in [1.807, 2.05) is 0 Å². The van der Waals surface area contributed by atoms with E-state index < -0.39 is 0 Å². The Balaban J connectivity index is 1.63. The van der Waals surface area contributed by atoms with Gasteiger partial charge in [-0.05, 0) is 43.9 Å². The van der Waals surface area contributed by atoms with Crippen LogP contribution in [0.4, 0.5) is 21.0 Å². The van der Waals surface area contributed by atoms with Crippen molar-refractivity contribution in [2.75, 3.05) is 23.8 Å². The molecule has 25 heavy (non-hydrogen) atoms. The number of nitrogens with zero attached hydrogens (tertiary/aromatic N) is 2. The molecule has 2 fully saturated rings. The number of nitrogens with one attached hydrogen (secondary N) is 2. The van der Waals surface area contributed by atoms with E-state index in [1.54, 1.807) is 31.3 Å². The zero-order chi connectivity index (χ0) is 18.0. The molecule has 134 valence electrons. The Labute approximate surface area is 145 Å². The lowest BCUT2D eigenvalue weighted by Crippen LogP contribution is -2.40. The lowest BCUT2D eigenvalue weighted by molar-refractivity contribution is -0.116. The molecule has 0 radical (unpaired) electrons. The fraction of sp³-hybridized carbons (Fsp3) is 0.471. The smallest absolute Gasteiger partial charge is 0.331 e. The molecule has 5 amide bonds. The molecule has 0 aromatic heterocycles. The minimum atomic E-state index is -0.382. The fourth-order valence-corrected chi connectivity index (χ4v) is 3.17. The number of aliphatic hydroxyl groups is 1. The summed E-state index contributed by atoms with van der Waals surface area (Å²) in [4.78, 5) is 38.6. The summed E-state index contributed by atoms with van der Waals surface area (Å²) >= 11 is 0. The number of hydrogen-bond donors (Lipinski definition) is 3. The van der Waals surface area contributed by atoms with Crippen molar-refractivity contribution in [2.24, 2.45) is 0 Å². The van der Waals surface area contributed by atoms with Crippen LogP contribution in [0.2, 0.25) is 0 Å². The summed E-state index contributed by atoms with van der Waals surface area (Å²) in [5.74, 6) is -0.296. The molecule has 3 rings (SSSR count). The number of carbonyl (C=O) groups is 3. The van der Waals surface area contributed by atoms with E-state index in [4.69, 9.17) is 0 Å². The molecule has 0 unspecified atom stereocenters. The average Bonchev–Trinajstić information content (AvgIpc) is 2.82. The third-order valence-corrected chi connectivity index (χ3v) is 4.53. The molecule has 1 saturated heterocycles. The number of imide groups is 1. The number of likely N-dealkylation sites (N-methyl/N-ethyl adjacent to an activating group) is 1. The van der Waals surface area contributed by atoms with Gasteiger partial charge in [0.1, 0.15) is 6.54 Å². The first-order valence-corrected chi connectivity index (χ1v) is 8.38. The molecule has 0 atom stereocenters. The quantitative estimate of drug-likeness (QED) is 0.722. The van der Waals surface area contributed by atoms with Crippen LogP contribution in [0.15, 0.2) is 24.3 Å². The number of amides is 5. The lowest BCUT2D eigenvalue weighted by Gasteiger charge is -2.26. The Morgan fingerprint density at radius 1 is 1.20 bits per heavy atom. The summed E-state index contributed by atoms with van der Waals surface area (Å²) in [6.45, 7) is 0.0461. The minimum Gasteiger partial charge on any atom is -0.393 e. The molecule has 2 aliphatic rings. The molecule has 1 aromatic carbocycles. The molecule has 0 bridgehead atoms. The standard InChI is InChI=1S/C17H22N4O4/c1-20-10-15(23)21(17(20)25)13-4-2-3-12(9-13)19-16(24)18-11-5-7-14(22)8-6-11/h2-4,9,11,14,22H,5-8,10H2,1H3,(H2,18,19,24). The molecule has 1 saturated carbocycles. The Hall–Kier alpha value is -2.61. The molecule has 1 aromatic rings. The molecule has 1 heterocycles. The van der Waals surface area contributed by atoms with Gasteiger partial charge in [-0.15, -0.1) is 0 Å². The highest BCUT2D eigenvalue weighted by atomic mass is 16.3. The SMILES string of the molecule is CN1CC(=O)N(c2cccc(NC(=O)NC3CCC(O)CC3)c2)C1=O. The van der Waals surface area contributed by atoms with Gasteiger partial charge >= 0.3 is 12.1 Å². The maximum absolute atomic E-state index is 12.1. The molecule has 8 heteroatoms. The second kappa shape index (κ2) is 7.10. The molecular formula is C17H22N4O4. The van der Waals surface area contributed by atoms with Crippen molar-refractivity contribution in [3.63, 3.8) is 0 Å². The largest absolute Gasteiger partial charge is 0.393 e. The summed E-state index contributed by atoms with van der Waals surface area (Å²) < 4.78 is 0. The van der Waals surface area contributed by atoms with Crippen LogP contribution in [0.3, 0.4) is 0 Å². The lowest BCUT2D eigenvalue weighted by atomic mass is 9.93. The van der Waals surface area contributed by atoms with Gasteiger partial charge in [-0.25, -0.2) is 14.5 Å². The van der Waals surface area contributed by atoms with Crippen molar-refractivity contribution in [3.05, 3.63) is 24.3 Å². The zero-order valence-corrected chi connectivity index (χ0v) is 14.1. The van der Waals surface area contributed by atoms with Crippen LogP contribution >= 0.6 is 0 Å². The Morgan fingerprint density at radius 2 is 1.92 bits per heavy atom. The molecule has 1 aliphatic carbocycles. The first kappa shape index (κ1) is 17.2. The highest BCUT2D eigenvalue weighted by Gasteiger charge is 2.34. The van der Waals surface area contributed by atoms with Gasteiger partial charge in [0.15, 0.2) is 0 Å². The van der Waals surface area contributed by atoms with Crippen LogP contribution in [0, 0.1) is 0 Å². The molecular weight excluding hydrogens is 324 g/mol. The number of aliphatic hydroxyl groups excluding tert-OH is 1. The van der Waals surface area contributed by atoms with Crippen LogP contribution in [0.5, 0.6) is 0 Å². The number of hydrogen-bond acceptors (Lipinski definition) is 4. The first-order valence-electron chi connectivity index (χ1n) is 8.38. The number of rotatable bonds is 3. The Morgan fingerprint density at radius 3 is 2.56 bits per heavy atom. The molecule has 3 N–H and O–H groups in total. The van der Waals surface area contributed by atoms with E-state index in [9.17, 15) is 19.5 Å². The van der Waals surface area contributed by atoms with Crippen molar-refractivity contribution >= 4 is 29.3 Å². The second-order valence-corrected chi connectivity index (χ2v) is 6.52. The van der Waals surface area contributed by atoms with Gasteiger partial charge in [-0.3, -0.25) is 4.79 Å². The highest BCUT2D eigenvalue weighted by molar-refractivity contribution is 6.19. The Bertz CT molecular complexity index is 685. The molecule has 8 nitrogen and oxygen atoms in total. The van der Waals surface area contributed by atoms with Crippen LogP contribution in [0.1, 0.15) is 25.7 Å². The van der Waals surface area contributed by atoms with E-state index in [0.29, 0.717) is 24.2 Å². The highest BCUT2D eigenvalue weighted by Crippen LogP contribution is 2.24. The fourth-order valence-electron chi connectivity index (χ4n) is 3.17. The topological polar surface area (TPSA) is 102 Å². The van der Waals surface area contributed by atoms with E-state index >= 15 is 0 Å². The average molecular weight is 346 g/mol. The van der Waals surface area contributed by atoms with Crippen LogP contribution in [-0.2, 0) is 4.79 Å². The summed E-state index contributed by atoms with van der Waals surface area (Å²) in [7, 11) is 1.57. The Kier molecular flexibility index (Phi) is 4.89. The van der Waals surface area contributed by atoms with Gasteiger partial charge in [-0.1, -0.05) is 6.07 Å².